The SMILES string of the molecule is CC(OC(=O)c1ccc(S(=O)(=O)N(C)c2ccccc2)cc1)C(=O)NCc1ccccc1. The number of hydrogen-bond donors (Lipinski definition) is 1. The Bertz CT molecular complexity index is 1160. The second-order valence-electron chi connectivity index (χ2n) is 7.08. The van der Waals surface area contributed by atoms with Gasteiger partial charge in [-0.05, 0) is 48.9 Å². The van der Waals surface area contributed by atoms with E-state index in [1.54, 1.807) is 30.3 Å². The third kappa shape index (κ3) is 5.53. The number of ether oxygens (including phenoxy) is 1. The molecule has 0 heterocycles. The van der Waals surface area contributed by atoms with Crippen molar-refractivity contribution in [1.29, 1.82) is 0 Å². The lowest BCUT2D eigenvalue weighted by molar-refractivity contribution is -0.129. The van der Waals surface area contributed by atoms with E-state index in [9.17, 15) is 18.0 Å². The first kappa shape index (κ1) is 23.0. The molecule has 1 N–H and O–H groups in total. The molecule has 0 radical (unpaired) electrons. The second kappa shape index (κ2) is 10.1. The highest BCUT2D eigenvalue weighted by atomic mass is 32.2. The van der Waals surface area contributed by atoms with Gasteiger partial charge in [0.1, 0.15) is 0 Å². The van der Waals surface area contributed by atoms with E-state index in [1.165, 1.54) is 42.5 Å². The van der Waals surface area contributed by atoms with Crippen molar-refractivity contribution >= 4 is 27.6 Å². The Morgan fingerprint density at radius 1 is 0.906 bits per heavy atom. The zero-order valence-corrected chi connectivity index (χ0v) is 18.6. The van der Waals surface area contributed by atoms with E-state index in [0.717, 1.165) is 5.56 Å². The molecule has 166 valence electrons. The van der Waals surface area contributed by atoms with Crippen LogP contribution in [0.15, 0.2) is 89.8 Å². The molecule has 0 aromatic heterocycles. The number of amides is 1. The van der Waals surface area contributed by atoms with E-state index in [2.05, 4.69) is 5.32 Å². The third-order valence-electron chi connectivity index (χ3n) is 4.83. The summed E-state index contributed by atoms with van der Waals surface area (Å²) in [6, 6.07) is 23.4. The van der Waals surface area contributed by atoms with E-state index in [4.69, 9.17) is 4.74 Å². The summed E-state index contributed by atoms with van der Waals surface area (Å²) in [4.78, 5) is 24.6. The fraction of sp³-hybridized carbons (Fsp3) is 0.167. The van der Waals surface area contributed by atoms with Gasteiger partial charge in [0, 0.05) is 13.6 Å². The van der Waals surface area contributed by atoms with E-state index in [0.29, 0.717) is 12.2 Å². The van der Waals surface area contributed by atoms with Crippen LogP contribution in [0.4, 0.5) is 5.69 Å². The normalized spacial score (nSPS) is 11.9. The van der Waals surface area contributed by atoms with Gasteiger partial charge in [-0.15, -0.1) is 0 Å². The Hall–Kier alpha value is -3.65. The van der Waals surface area contributed by atoms with Crippen LogP contribution in [0.1, 0.15) is 22.8 Å². The lowest BCUT2D eigenvalue weighted by Gasteiger charge is -2.19. The Morgan fingerprint density at radius 2 is 1.47 bits per heavy atom. The zero-order valence-electron chi connectivity index (χ0n) is 17.8. The van der Waals surface area contributed by atoms with Gasteiger partial charge in [-0.2, -0.15) is 0 Å². The number of benzene rings is 3. The fourth-order valence-electron chi connectivity index (χ4n) is 2.91. The van der Waals surface area contributed by atoms with Gasteiger partial charge >= 0.3 is 5.97 Å². The van der Waals surface area contributed by atoms with Crippen molar-refractivity contribution in [2.24, 2.45) is 0 Å². The van der Waals surface area contributed by atoms with Crippen LogP contribution in [0.2, 0.25) is 0 Å². The lowest BCUT2D eigenvalue weighted by Crippen LogP contribution is -2.35. The van der Waals surface area contributed by atoms with Crippen LogP contribution in [-0.2, 0) is 26.1 Å². The standard InChI is InChI=1S/C24H24N2O5S/c1-18(23(27)25-17-19-9-5-3-6-10-19)31-24(28)20-13-15-22(16-14-20)32(29,30)26(2)21-11-7-4-8-12-21/h3-16,18H,17H2,1-2H3,(H,25,27). The Labute approximate surface area is 187 Å². The Morgan fingerprint density at radius 3 is 2.06 bits per heavy atom. The highest BCUT2D eigenvalue weighted by Crippen LogP contribution is 2.22. The van der Waals surface area contributed by atoms with Crippen LogP contribution in [0, 0.1) is 0 Å². The summed E-state index contributed by atoms with van der Waals surface area (Å²) < 4.78 is 32.0. The van der Waals surface area contributed by atoms with Crippen molar-refractivity contribution in [1.82, 2.24) is 5.32 Å². The van der Waals surface area contributed by atoms with Crippen LogP contribution in [0.3, 0.4) is 0 Å². The molecule has 0 aliphatic heterocycles. The first-order valence-electron chi connectivity index (χ1n) is 9.95. The van der Waals surface area contributed by atoms with Crippen molar-refractivity contribution in [2.75, 3.05) is 11.4 Å². The summed E-state index contributed by atoms with van der Waals surface area (Å²) in [7, 11) is -2.33. The van der Waals surface area contributed by atoms with E-state index in [1.807, 2.05) is 30.3 Å². The van der Waals surface area contributed by atoms with Crippen LogP contribution >= 0.6 is 0 Å². The Balaban J connectivity index is 1.61. The summed E-state index contributed by atoms with van der Waals surface area (Å²) >= 11 is 0. The molecule has 1 amide bonds. The highest BCUT2D eigenvalue weighted by Gasteiger charge is 2.23. The maximum Gasteiger partial charge on any atom is 0.338 e. The zero-order chi connectivity index (χ0) is 23.1. The summed E-state index contributed by atoms with van der Waals surface area (Å²) in [6.45, 7) is 1.80. The van der Waals surface area contributed by atoms with Gasteiger partial charge in [0.15, 0.2) is 6.10 Å². The predicted octanol–water partition coefficient (Wildman–Crippen LogP) is 3.37. The molecule has 32 heavy (non-hydrogen) atoms. The van der Waals surface area contributed by atoms with Gasteiger partial charge in [0.05, 0.1) is 16.1 Å². The minimum absolute atomic E-state index is 0.0362. The molecule has 0 bridgehead atoms. The topological polar surface area (TPSA) is 92.8 Å². The van der Waals surface area contributed by atoms with Crippen molar-refractivity contribution in [3.05, 3.63) is 96.1 Å². The van der Waals surface area contributed by atoms with E-state index < -0.39 is 28.0 Å². The van der Waals surface area contributed by atoms with Gasteiger partial charge in [-0.3, -0.25) is 9.10 Å². The number of hydrogen-bond acceptors (Lipinski definition) is 5. The molecule has 3 aromatic carbocycles. The number of anilines is 1. The van der Waals surface area contributed by atoms with Crippen molar-refractivity contribution < 1.29 is 22.7 Å². The van der Waals surface area contributed by atoms with Crippen LogP contribution in [0.25, 0.3) is 0 Å². The van der Waals surface area contributed by atoms with Crippen molar-refractivity contribution in [3.8, 4) is 0 Å². The minimum Gasteiger partial charge on any atom is -0.449 e. The molecular weight excluding hydrogens is 428 g/mol. The maximum atomic E-state index is 12.8. The minimum atomic E-state index is -3.79. The van der Waals surface area contributed by atoms with Crippen LogP contribution in [0.5, 0.6) is 0 Å². The quantitative estimate of drug-likeness (QED) is 0.529. The third-order valence-corrected chi connectivity index (χ3v) is 6.63. The van der Waals surface area contributed by atoms with E-state index in [-0.39, 0.29) is 10.5 Å². The molecule has 0 aliphatic carbocycles. The van der Waals surface area contributed by atoms with E-state index >= 15 is 0 Å². The fourth-order valence-corrected chi connectivity index (χ4v) is 4.10. The smallest absolute Gasteiger partial charge is 0.338 e. The molecule has 0 spiro atoms. The van der Waals surface area contributed by atoms with Crippen LogP contribution in [-0.4, -0.2) is 33.4 Å². The lowest BCUT2D eigenvalue weighted by atomic mass is 10.2. The monoisotopic (exact) mass is 452 g/mol. The van der Waals surface area contributed by atoms with Gasteiger partial charge < -0.3 is 10.1 Å². The second-order valence-corrected chi connectivity index (χ2v) is 9.05. The van der Waals surface area contributed by atoms with Crippen molar-refractivity contribution in [3.63, 3.8) is 0 Å². The van der Waals surface area contributed by atoms with Gasteiger partial charge in [0.2, 0.25) is 0 Å². The maximum absolute atomic E-state index is 12.8. The molecule has 8 heteroatoms. The highest BCUT2D eigenvalue weighted by molar-refractivity contribution is 7.92. The summed E-state index contributed by atoms with van der Waals surface area (Å²) in [6.07, 6.45) is -1.00. The molecule has 1 atom stereocenters. The number of carbonyl (C=O) groups is 2. The first-order valence-corrected chi connectivity index (χ1v) is 11.4. The number of carbonyl (C=O) groups excluding carboxylic acids is 2. The number of para-hydroxylation sites is 1. The van der Waals surface area contributed by atoms with Crippen LogP contribution < -0.4 is 9.62 Å². The molecule has 0 saturated heterocycles. The van der Waals surface area contributed by atoms with Gasteiger partial charge in [-0.25, -0.2) is 13.2 Å². The average Bonchev–Trinajstić information content (AvgIpc) is 2.83. The molecule has 0 aliphatic rings. The molecular formula is C24H24N2O5S. The number of nitrogens with one attached hydrogen (secondary N) is 1. The number of nitrogens with zero attached hydrogens (tertiary/aromatic N) is 1. The molecule has 3 aromatic rings. The molecule has 3 rings (SSSR count). The molecule has 7 nitrogen and oxygen atoms in total. The molecule has 0 saturated carbocycles. The van der Waals surface area contributed by atoms with Gasteiger partial charge in [0.25, 0.3) is 15.9 Å². The number of sulfonamides is 1. The largest absolute Gasteiger partial charge is 0.449 e. The van der Waals surface area contributed by atoms with Crippen molar-refractivity contribution in [2.45, 2.75) is 24.5 Å². The van der Waals surface area contributed by atoms with Gasteiger partial charge in [-0.1, -0.05) is 48.5 Å². The molecule has 1 unspecified atom stereocenters. The summed E-state index contributed by atoms with van der Waals surface area (Å²) in [5.74, 6) is -1.14. The average molecular weight is 453 g/mol. The summed E-state index contributed by atoms with van der Waals surface area (Å²) in [5.41, 5.74) is 1.59. The molecule has 0 fully saturated rings. The summed E-state index contributed by atoms with van der Waals surface area (Å²) in [5, 5.41) is 2.71. The number of rotatable bonds is 8. The Kier molecular flexibility index (Phi) is 7.27. The predicted molar refractivity (Wildman–Crippen MR) is 122 cm³/mol. The number of esters is 1. The first-order chi connectivity index (χ1) is 15.3.